The van der Waals surface area contributed by atoms with E-state index < -0.39 is 0 Å². The van der Waals surface area contributed by atoms with Crippen LogP contribution in [0.2, 0.25) is 0 Å². The fourth-order valence-corrected chi connectivity index (χ4v) is 3.09. The predicted molar refractivity (Wildman–Crippen MR) is 91.2 cm³/mol. The minimum Gasteiger partial charge on any atom is -0.299 e. The number of hydrogen-bond donors (Lipinski definition) is 0. The molecule has 0 saturated heterocycles. The van der Waals surface area contributed by atoms with E-state index in [2.05, 4.69) is 58.9 Å². The lowest BCUT2D eigenvalue weighted by Gasteiger charge is -2.37. The van der Waals surface area contributed by atoms with E-state index in [-0.39, 0.29) is 10.8 Å². The molecule has 0 bridgehead atoms. The van der Waals surface area contributed by atoms with Crippen LogP contribution in [0.3, 0.4) is 0 Å². The summed E-state index contributed by atoms with van der Waals surface area (Å²) < 4.78 is 0. The molecule has 1 heteroatoms. The van der Waals surface area contributed by atoms with Crippen LogP contribution in [0.15, 0.2) is 30.4 Å². The van der Waals surface area contributed by atoms with Gasteiger partial charge in [0.15, 0.2) is 0 Å². The van der Waals surface area contributed by atoms with Crippen molar-refractivity contribution in [3.63, 3.8) is 0 Å². The van der Waals surface area contributed by atoms with Crippen molar-refractivity contribution in [2.45, 2.75) is 53.4 Å². The van der Waals surface area contributed by atoms with Crippen LogP contribution in [0.1, 0.15) is 64.7 Å². The van der Waals surface area contributed by atoms with E-state index in [9.17, 15) is 4.79 Å². The van der Waals surface area contributed by atoms with Gasteiger partial charge in [0, 0.05) is 0 Å². The summed E-state index contributed by atoms with van der Waals surface area (Å²) in [6.45, 7) is 13.4. The summed E-state index contributed by atoms with van der Waals surface area (Å²) in [4.78, 5) is 10.7. The van der Waals surface area contributed by atoms with Gasteiger partial charge in [0.05, 0.1) is 0 Å². The fraction of sp³-hybridized carbons (Fsp3) is 0.450. The van der Waals surface area contributed by atoms with Crippen LogP contribution in [0.4, 0.5) is 0 Å². The highest BCUT2D eigenvalue weighted by Gasteiger charge is 2.32. The van der Waals surface area contributed by atoms with Gasteiger partial charge in [0.1, 0.15) is 6.29 Å². The minimum atomic E-state index is 0.131. The van der Waals surface area contributed by atoms with E-state index in [1.54, 1.807) is 6.08 Å². The molecule has 0 unspecified atom stereocenters. The molecule has 0 spiro atoms. The maximum Gasteiger partial charge on any atom is 0.143 e. The van der Waals surface area contributed by atoms with Gasteiger partial charge in [-0.3, -0.25) is 4.79 Å². The molecule has 0 N–H and O–H groups in total. The minimum absolute atomic E-state index is 0.131. The standard InChI is InChI=1S/C20H26O/c1-14(10-12-21)15-7-8-18-16(13-15)17(19(2,3)4)9-11-20(18,5)6/h7-10,12-13H,11H2,1-6H3/b14-10+. The van der Waals surface area contributed by atoms with Gasteiger partial charge in [0.25, 0.3) is 0 Å². The molecular formula is C20H26O. The molecule has 21 heavy (non-hydrogen) atoms. The summed E-state index contributed by atoms with van der Waals surface area (Å²) in [6, 6.07) is 6.63. The highest BCUT2D eigenvalue weighted by atomic mass is 16.1. The lowest BCUT2D eigenvalue weighted by molar-refractivity contribution is -0.104. The Labute approximate surface area is 128 Å². The highest BCUT2D eigenvalue weighted by molar-refractivity contribution is 5.83. The van der Waals surface area contributed by atoms with Gasteiger partial charge in [-0.25, -0.2) is 0 Å². The third kappa shape index (κ3) is 3.02. The second-order valence-corrected chi connectivity index (χ2v) is 7.70. The molecule has 1 aromatic carbocycles. The summed E-state index contributed by atoms with van der Waals surface area (Å²) in [5.74, 6) is 0. The monoisotopic (exact) mass is 282 g/mol. The Morgan fingerprint density at radius 3 is 2.48 bits per heavy atom. The molecule has 0 atom stereocenters. The van der Waals surface area contributed by atoms with Crippen LogP contribution in [0, 0.1) is 5.41 Å². The second-order valence-electron chi connectivity index (χ2n) is 7.70. The summed E-state index contributed by atoms with van der Waals surface area (Å²) in [7, 11) is 0. The summed E-state index contributed by atoms with van der Waals surface area (Å²) >= 11 is 0. The van der Waals surface area contributed by atoms with Gasteiger partial charge in [0.2, 0.25) is 0 Å². The van der Waals surface area contributed by atoms with E-state index in [1.807, 2.05) is 6.92 Å². The van der Waals surface area contributed by atoms with Crippen molar-refractivity contribution in [2.75, 3.05) is 0 Å². The Morgan fingerprint density at radius 2 is 1.90 bits per heavy atom. The summed E-state index contributed by atoms with van der Waals surface area (Å²) in [6.07, 6.45) is 5.97. The first-order chi connectivity index (χ1) is 9.66. The van der Waals surface area contributed by atoms with Gasteiger partial charge >= 0.3 is 0 Å². The van der Waals surface area contributed by atoms with Gasteiger partial charge < -0.3 is 0 Å². The van der Waals surface area contributed by atoms with Crippen molar-refractivity contribution >= 4 is 17.4 Å². The van der Waals surface area contributed by atoms with Crippen molar-refractivity contribution in [1.82, 2.24) is 0 Å². The molecule has 1 aromatic rings. The Bertz CT molecular complexity index is 622. The van der Waals surface area contributed by atoms with Gasteiger partial charge in [-0.05, 0) is 64.2 Å². The van der Waals surface area contributed by atoms with Crippen LogP contribution in [-0.2, 0) is 10.2 Å². The summed E-state index contributed by atoms with van der Waals surface area (Å²) in [5.41, 5.74) is 6.63. The average molecular weight is 282 g/mol. The van der Waals surface area contributed by atoms with Crippen LogP contribution in [0.5, 0.6) is 0 Å². The van der Waals surface area contributed by atoms with Crippen molar-refractivity contribution < 1.29 is 4.79 Å². The number of rotatable bonds is 2. The van der Waals surface area contributed by atoms with Gasteiger partial charge in [-0.1, -0.05) is 52.8 Å². The van der Waals surface area contributed by atoms with E-state index in [0.717, 1.165) is 23.8 Å². The molecule has 0 fully saturated rings. The molecule has 0 amide bonds. The number of allylic oxidation sites excluding steroid dienone is 4. The smallest absolute Gasteiger partial charge is 0.143 e. The van der Waals surface area contributed by atoms with E-state index in [1.165, 1.54) is 16.7 Å². The quantitative estimate of drug-likeness (QED) is 0.524. The zero-order valence-electron chi connectivity index (χ0n) is 14.1. The Kier molecular flexibility index (Phi) is 3.97. The maximum atomic E-state index is 10.7. The van der Waals surface area contributed by atoms with Crippen LogP contribution < -0.4 is 0 Å². The number of benzene rings is 1. The van der Waals surface area contributed by atoms with Crippen molar-refractivity contribution in [3.8, 4) is 0 Å². The van der Waals surface area contributed by atoms with Crippen LogP contribution in [-0.4, -0.2) is 6.29 Å². The normalized spacial score (nSPS) is 18.0. The highest BCUT2D eigenvalue weighted by Crippen LogP contribution is 2.46. The zero-order chi connectivity index (χ0) is 15.8. The predicted octanol–water partition coefficient (Wildman–Crippen LogP) is 5.40. The van der Waals surface area contributed by atoms with Gasteiger partial charge in [-0.15, -0.1) is 0 Å². The largest absolute Gasteiger partial charge is 0.299 e. The van der Waals surface area contributed by atoms with Crippen molar-refractivity contribution in [2.24, 2.45) is 5.41 Å². The topological polar surface area (TPSA) is 17.1 Å². The van der Waals surface area contributed by atoms with E-state index >= 15 is 0 Å². The zero-order valence-corrected chi connectivity index (χ0v) is 14.1. The van der Waals surface area contributed by atoms with Gasteiger partial charge in [-0.2, -0.15) is 0 Å². The molecule has 0 saturated carbocycles. The summed E-state index contributed by atoms with van der Waals surface area (Å²) in [5, 5.41) is 0. The Morgan fingerprint density at radius 1 is 1.24 bits per heavy atom. The molecule has 1 nitrogen and oxygen atoms in total. The van der Waals surface area contributed by atoms with Crippen molar-refractivity contribution in [1.29, 1.82) is 0 Å². The molecule has 1 aliphatic carbocycles. The number of hydrogen-bond acceptors (Lipinski definition) is 1. The lowest BCUT2D eigenvalue weighted by atomic mass is 9.68. The lowest BCUT2D eigenvalue weighted by Crippen LogP contribution is -2.25. The molecular weight excluding hydrogens is 256 g/mol. The maximum absolute atomic E-state index is 10.7. The average Bonchev–Trinajstić information content (AvgIpc) is 2.36. The van der Waals surface area contributed by atoms with Crippen LogP contribution in [0.25, 0.3) is 11.1 Å². The SMILES string of the molecule is C/C(=C\C=O)c1ccc2c(c1)C(C(C)(C)C)=CCC2(C)C. The second kappa shape index (κ2) is 5.29. The fourth-order valence-electron chi connectivity index (χ4n) is 3.09. The Balaban J connectivity index is 2.65. The molecule has 1 aliphatic rings. The van der Waals surface area contributed by atoms with Crippen molar-refractivity contribution in [3.05, 3.63) is 47.0 Å². The van der Waals surface area contributed by atoms with E-state index in [4.69, 9.17) is 0 Å². The first kappa shape index (κ1) is 15.8. The first-order valence-corrected chi connectivity index (χ1v) is 7.65. The molecule has 0 radical (unpaired) electrons. The van der Waals surface area contributed by atoms with E-state index in [0.29, 0.717) is 0 Å². The third-order valence-corrected chi connectivity index (χ3v) is 4.44. The van der Waals surface area contributed by atoms with Crippen LogP contribution >= 0.6 is 0 Å². The molecule has 2 rings (SSSR count). The number of aldehydes is 1. The third-order valence-electron chi connectivity index (χ3n) is 4.44. The Hall–Kier alpha value is -1.63. The number of carbonyl (C=O) groups is 1. The molecule has 0 aromatic heterocycles. The number of carbonyl (C=O) groups excluding carboxylic acids is 1. The number of fused-ring (bicyclic) bond motifs is 1. The molecule has 0 aliphatic heterocycles. The molecule has 112 valence electrons. The molecule has 0 heterocycles. The first-order valence-electron chi connectivity index (χ1n) is 7.65.